The molecule has 0 amide bonds. The molecule has 4 rings (SSSR count). The Morgan fingerprint density at radius 2 is 1.70 bits per heavy atom. The van der Waals surface area contributed by atoms with E-state index in [-0.39, 0.29) is 6.04 Å². The number of hydrogen-bond acceptors (Lipinski definition) is 4. The van der Waals surface area contributed by atoms with Crippen LogP contribution in [0.2, 0.25) is 0 Å². The molecule has 0 aliphatic heterocycles. The average Bonchev–Trinajstić information content (AvgIpc) is 3.25. The standard InChI is InChI=1S/C26H29N3O/c1-4-23-25(22-15-20-13-9-12-19(20)14-21(22)16-30)28-24(5-2)26(29-23)27-17(3)18-10-7-6-8-11-18/h6-8,10-11,14-17H,4-5,9,12-13H2,1-3H3,(H,27,29)/t17-/m0/s1. The molecule has 0 unspecified atom stereocenters. The van der Waals surface area contributed by atoms with E-state index >= 15 is 0 Å². The summed E-state index contributed by atoms with van der Waals surface area (Å²) < 4.78 is 0. The molecule has 1 aromatic heterocycles. The second-order valence-electron chi connectivity index (χ2n) is 7.98. The number of rotatable bonds is 7. The van der Waals surface area contributed by atoms with Crippen LogP contribution in [0.5, 0.6) is 0 Å². The highest BCUT2D eigenvalue weighted by molar-refractivity contribution is 5.88. The summed E-state index contributed by atoms with van der Waals surface area (Å²) in [6, 6.07) is 14.7. The molecule has 1 aliphatic carbocycles. The molecule has 1 atom stereocenters. The summed E-state index contributed by atoms with van der Waals surface area (Å²) in [7, 11) is 0. The number of hydrogen-bond donors (Lipinski definition) is 1. The molecule has 0 spiro atoms. The minimum Gasteiger partial charge on any atom is -0.362 e. The van der Waals surface area contributed by atoms with E-state index in [0.29, 0.717) is 0 Å². The molecule has 0 bridgehead atoms. The van der Waals surface area contributed by atoms with Gasteiger partial charge in [-0.25, -0.2) is 9.97 Å². The molecule has 1 aliphatic rings. The van der Waals surface area contributed by atoms with Gasteiger partial charge in [-0.1, -0.05) is 44.2 Å². The molecule has 0 fully saturated rings. The molecule has 3 aromatic rings. The summed E-state index contributed by atoms with van der Waals surface area (Å²) in [4.78, 5) is 21.9. The summed E-state index contributed by atoms with van der Waals surface area (Å²) in [6.45, 7) is 6.33. The fourth-order valence-corrected chi connectivity index (χ4v) is 4.31. The lowest BCUT2D eigenvalue weighted by molar-refractivity contribution is 0.112. The van der Waals surface area contributed by atoms with Crippen molar-refractivity contribution in [3.8, 4) is 11.3 Å². The predicted octanol–water partition coefficient (Wildman–Crippen LogP) is 5.74. The van der Waals surface area contributed by atoms with E-state index in [2.05, 4.69) is 62.5 Å². The largest absolute Gasteiger partial charge is 0.362 e. The Morgan fingerprint density at radius 3 is 2.37 bits per heavy atom. The van der Waals surface area contributed by atoms with Gasteiger partial charge in [-0.3, -0.25) is 4.79 Å². The average molecular weight is 400 g/mol. The Morgan fingerprint density at radius 1 is 1.00 bits per heavy atom. The Bertz CT molecular complexity index is 1060. The van der Waals surface area contributed by atoms with Gasteiger partial charge in [0.25, 0.3) is 0 Å². The van der Waals surface area contributed by atoms with Gasteiger partial charge < -0.3 is 5.32 Å². The van der Waals surface area contributed by atoms with Gasteiger partial charge in [-0.05, 0) is 67.9 Å². The molecular formula is C26H29N3O. The second kappa shape index (κ2) is 8.78. The number of benzene rings is 2. The first-order valence-electron chi connectivity index (χ1n) is 11.0. The molecule has 2 aromatic carbocycles. The van der Waals surface area contributed by atoms with E-state index in [1.807, 2.05) is 6.07 Å². The number of carbonyl (C=O) groups is 1. The lowest BCUT2D eigenvalue weighted by Gasteiger charge is -2.20. The molecule has 30 heavy (non-hydrogen) atoms. The third kappa shape index (κ3) is 3.87. The maximum atomic E-state index is 11.9. The van der Waals surface area contributed by atoms with Gasteiger partial charge in [0.15, 0.2) is 6.29 Å². The summed E-state index contributed by atoms with van der Waals surface area (Å²) in [5.74, 6) is 0.836. The Balaban J connectivity index is 1.77. The van der Waals surface area contributed by atoms with Crippen LogP contribution in [0.1, 0.15) is 71.7 Å². The molecular weight excluding hydrogens is 370 g/mol. The molecule has 0 saturated carbocycles. The zero-order valence-corrected chi connectivity index (χ0v) is 18.0. The van der Waals surface area contributed by atoms with Crippen molar-refractivity contribution in [2.75, 3.05) is 5.32 Å². The molecule has 0 saturated heterocycles. The van der Waals surface area contributed by atoms with Crippen LogP contribution in [0.3, 0.4) is 0 Å². The summed E-state index contributed by atoms with van der Waals surface area (Å²) in [5.41, 5.74) is 8.22. The lowest BCUT2D eigenvalue weighted by atomic mass is 9.96. The van der Waals surface area contributed by atoms with Crippen LogP contribution in [0.4, 0.5) is 5.82 Å². The molecule has 154 valence electrons. The Labute approximate surface area is 178 Å². The van der Waals surface area contributed by atoms with Crippen molar-refractivity contribution in [3.05, 3.63) is 76.1 Å². The number of carbonyl (C=O) groups excluding carboxylic acids is 1. The minimum atomic E-state index is 0.131. The van der Waals surface area contributed by atoms with Crippen LogP contribution in [0.25, 0.3) is 11.3 Å². The first-order valence-corrected chi connectivity index (χ1v) is 11.0. The van der Waals surface area contributed by atoms with E-state index < -0.39 is 0 Å². The second-order valence-corrected chi connectivity index (χ2v) is 7.98. The van der Waals surface area contributed by atoms with E-state index in [0.717, 1.165) is 72.4 Å². The number of aromatic nitrogens is 2. The first kappa shape index (κ1) is 20.3. The summed E-state index contributed by atoms with van der Waals surface area (Å²) >= 11 is 0. The van der Waals surface area contributed by atoms with Gasteiger partial charge in [0, 0.05) is 11.1 Å². The van der Waals surface area contributed by atoms with Crippen LogP contribution >= 0.6 is 0 Å². The van der Waals surface area contributed by atoms with Gasteiger partial charge in [0.1, 0.15) is 5.82 Å². The van der Waals surface area contributed by atoms with Gasteiger partial charge in [0.05, 0.1) is 23.1 Å². The van der Waals surface area contributed by atoms with Gasteiger partial charge in [-0.15, -0.1) is 0 Å². The fourth-order valence-electron chi connectivity index (χ4n) is 4.31. The smallest absolute Gasteiger partial charge is 0.150 e. The zero-order chi connectivity index (χ0) is 21.1. The first-order chi connectivity index (χ1) is 14.6. The van der Waals surface area contributed by atoms with Crippen LogP contribution < -0.4 is 5.32 Å². The topological polar surface area (TPSA) is 54.9 Å². The van der Waals surface area contributed by atoms with E-state index in [4.69, 9.17) is 9.97 Å². The van der Waals surface area contributed by atoms with Crippen molar-refractivity contribution in [2.45, 2.75) is 58.9 Å². The number of fused-ring (bicyclic) bond motifs is 1. The highest BCUT2D eigenvalue weighted by atomic mass is 16.1. The Hall–Kier alpha value is -3.01. The van der Waals surface area contributed by atoms with Crippen molar-refractivity contribution in [2.24, 2.45) is 0 Å². The van der Waals surface area contributed by atoms with Crippen LogP contribution in [-0.2, 0) is 25.7 Å². The normalized spacial score (nSPS) is 13.7. The lowest BCUT2D eigenvalue weighted by Crippen LogP contribution is -2.13. The fraction of sp³-hybridized carbons (Fsp3) is 0.346. The molecule has 1 heterocycles. The van der Waals surface area contributed by atoms with Crippen LogP contribution in [0, 0.1) is 0 Å². The highest BCUT2D eigenvalue weighted by Gasteiger charge is 2.20. The molecule has 0 radical (unpaired) electrons. The quantitative estimate of drug-likeness (QED) is 0.515. The van der Waals surface area contributed by atoms with Crippen molar-refractivity contribution >= 4 is 12.1 Å². The molecule has 1 N–H and O–H groups in total. The maximum absolute atomic E-state index is 11.9. The number of aldehydes is 1. The van der Waals surface area contributed by atoms with Gasteiger partial charge >= 0.3 is 0 Å². The van der Waals surface area contributed by atoms with Gasteiger partial charge in [0.2, 0.25) is 0 Å². The number of nitrogens with one attached hydrogen (secondary N) is 1. The van der Waals surface area contributed by atoms with Crippen molar-refractivity contribution < 1.29 is 4.79 Å². The van der Waals surface area contributed by atoms with E-state index in [9.17, 15) is 4.79 Å². The van der Waals surface area contributed by atoms with E-state index in [1.165, 1.54) is 16.7 Å². The van der Waals surface area contributed by atoms with Crippen LogP contribution in [0.15, 0.2) is 42.5 Å². The monoisotopic (exact) mass is 399 g/mol. The SMILES string of the molecule is CCc1nc(-c2cc3c(cc2C=O)CCC3)c(CC)nc1N[C@@H](C)c1ccccc1. The van der Waals surface area contributed by atoms with Crippen molar-refractivity contribution in [1.29, 1.82) is 0 Å². The minimum absolute atomic E-state index is 0.131. The van der Waals surface area contributed by atoms with E-state index in [1.54, 1.807) is 0 Å². The third-order valence-electron chi connectivity index (χ3n) is 6.01. The highest BCUT2D eigenvalue weighted by Crippen LogP contribution is 2.33. The third-order valence-corrected chi connectivity index (χ3v) is 6.01. The van der Waals surface area contributed by atoms with Crippen LogP contribution in [-0.4, -0.2) is 16.3 Å². The number of anilines is 1. The molecule has 4 nitrogen and oxygen atoms in total. The maximum Gasteiger partial charge on any atom is 0.150 e. The van der Waals surface area contributed by atoms with Crippen molar-refractivity contribution in [3.63, 3.8) is 0 Å². The molecule has 4 heteroatoms. The summed E-state index contributed by atoms with van der Waals surface area (Å²) in [6.07, 6.45) is 5.79. The predicted molar refractivity (Wildman–Crippen MR) is 122 cm³/mol. The zero-order valence-electron chi connectivity index (χ0n) is 18.0. The Kier molecular flexibility index (Phi) is 5.93. The summed E-state index contributed by atoms with van der Waals surface area (Å²) in [5, 5.41) is 3.56. The number of aryl methyl sites for hydroxylation is 4. The number of nitrogens with zero attached hydrogens (tertiary/aromatic N) is 2. The van der Waals surface area contributed by atoms with Gasteiger partial charge in [-0.2, -0.15) is 0 Å². The van der Waals surface area contributed by atoms with Crippen molar-refractivity contribution in [1.82, 2.24) is 9.97 Å².